The highest BCUT2D eigenvalue weighted by Crippen LogP contribution is 2.32. The standard InChI is InChI=1S/C26H31N5O2/c1-17-22-10-7-12-31(15-20-8-5-4-6-9-20)26(22)28-25(27-17)21-11-13-30(16-21)24(32)14-23-18(2)29-33-19(23)3/h4-6,8-9,21H,7,10-16H2,1-3H3. The molecule has 4 heterocycles. The number of nitrogens with zero attached hydrogens (tertiary/aromatic N) is 5. The van der Waals surface area contributed by atoms with E-state index in [1.807, 2.05) is 18.7 Å². The predicted octanol–water partition coefficient (Wildman–Crippen LogP) is 3.90. The van der Waals surface area contributed by atoms with E-state index in [-0.39, 0.29) is 11.8 Å². The van der Waals surface area contributed by atoms with E-state index in [2.05, 4.69) is 47.3 Å². The zero-order chi connectivity index (χ0) is 22.9. The van der Waals surface area contributed by atoms with Crippen LogP contribution in [0, 0.1) is 20.8 Å². The molecular weight excluding hydrogens is 414 g/mol. The van der Waals surface area contributed by atoms with Crippen molar-refractivity contribution in [1.82, 2.24) is 20.0 Å². The Morgan fingerprint density at radius 3 is 2.67 bits per heavy atom. The molecule has 172 valence electrons. The van der Waals surface area contributed by atoms with Crippen LogP contribution in [0.4, 0.5) is 5.82 Å². The Kier molecular flexibility index (Phi) is 5.87. The minimum Gasteiger partial charge on any atom is -0.361 e. The highest BCUT2D eigenvalue weighted by atomic mass is 16.5. The van der Waals surface area contributed by atoms with Crippen molar-refractivity contribution in [3.8, 4) is 0 Å². The van der Waals surface area contributed by atoms with Crippen LogP contribution in [0.15, 0.2) is 34.9 Å². The zero-order valence-electron chi connectivity index (χ0n) is 19.7. The van der Waals surface area contributed by atoms with E-state index in [1.54, 1.807) is 0 Å². The number of fused-ring (bicyclic) bond motifs is 1. The van der Waals surface area contributed by atoms with Crippen LogP contribution >= 0.6 is 0 Å². The average Bonchev–Trinajstić information content (AvgIpc) is 3.43. The lowest BCUT2D eigenvalue weighted by Crippen LogP contribution is -2.32. The van der Waals surface area contributed by atoms with Gasteiger partial charge in [0.2, 0.25) is 5.91 Å². The average molecular weight is 446 g/mol. The van der Waals surface area contributed by atoms with Crippen molar-refractivity contribution >= 4 is 11.7 Å². The summed E-state index contributed by atoms with van der Waals surface area (Å²) in [5.41, 5.74) is 5.34. The summed E-state index contributed by atoms with van der Waals surface area (Å²) in [7, 11) is 0. The Labute approximate surface area is 194 Å². The Balaban J connectivity index is 1.33. The first-order chi connectivity index (χ1) is 16.0. The number of anilines is 1. The molecule has 5 rings (SSSR count). The molecule has 1 saturated heterocycles. The quantitative estimate of drug-likeness (QED) is 0.593. The molecule has 33 heavy (non-hydrogen) atoms. The smallest absolute Gasteiger partial charge is 0.227 e. The molecule has 7 heteroatoms. The lowest BCUT2D eigenvalue weighted by Gasteiger charge is -2.31. The molecule has 1 aromatic carbocycles. The number of hydrogen-bond donors (Lipinski definition) is 0. The topological polar surface area (TPSA) is 75.4 Å². The van der Waals surface area contributed by atoms with Gasteiger partial charge in [-0.15, -0.1) is 0 Å². The molecule has 0 radical (unpaired) electrons. The van der Waals surface area contributed by atoms with Crippen molar-refractivity contribution in [2.45, 2.75) is 58.9 Å². The minimum absolute atomic E-state index is 0.118. The summed E-state index contributed by atoms with van der Waals surface area (Å²) in [4.78, 5) is 27.3. The van der Waals surface area contributed by atoms with Gasteiger partial charge in [0.25, 0.3) is 0 Å². The molecule has 7 nitrogen and oxygen atoms in total. The number of aryl methyl sites for hydroxylation is 3. The van der Waals surface area contributed by atoms with Gasteiger partial charge in [-0.2, -0.15) is 0 Å². The van der Waals surface area contributed by atoms with E-state index in [0.717, 1.165) is 73.3 Å². The van der Waals surface area contributed by atoms with Crippen molar-refractivity contribution < 1.29 is 9.32 Å². The van der Waals surface area contributed by atoms with Crippen LogP contribution in [-0.4, -0.2) is 45.6 Å². The maximum absolute atomic E-state index is 13.0. The van der Waals surface area contributed by atoms with Gasteiger partial charge >= 0.3 is 0 Å². The fourth-order valence-electron chi connectivity index (χ4n) is 5.06. The van der Waals surface area contributed by atoms with Gasteiger partial charge in [0.15, 0.2) is 0 Å². The van der Waals surface area contributed by atoms with E-state index in [1.165, 1.54) is 11.1 Å². The van der Waals surface area contributed by atoms with Gasteiger partial charge < -0.3 is 14.3 Å². The fraction of sp³-hybridized carbons (Fsp3) is 0.462. The van der Waals surface area contributed by atoms with Crippen LogP contribution in [-0.2, 0) is 24.2 Å². The van der Waals surface area contributed by atoms with E-state index >= 15 is 0 Å². The highest BCUT2D eigenvalue weighted by molar-refractivity contribution is 5.79. The number of benzene rings is 1. The van der Waals surface area contributed by atoms with Gasteiger partial charge in [-0.1, -0.05) is 35.5 Å². The lowest BCUT2D eigenvalue weighted by atomic mass is 10.0. The normalized spacial score (nSPS) is 18.0. The number of amides is 1. The second kappa shape index (κ2) is 8.96. The maximum Gasteiger partial charge on any atom is 0.227 e. The van der Waals surface area contributed by atoms with Crippen molar-refractivity contribution in [3.63, 3.8) is 0 Å². The van der Waals surface area contributed by atoms with Gasteiger partial charge in [0.05, 0.1) is 12.1 Å². The van der Waals surface area contributed by atoms with Gasteiger partial charge in [-0.05, 0) is 45.6 Å². The summed E-state index contributed by atoms with van der Waals surface area (Å²) < 4.78 is 5.22. The summed E-state index contributed by atoms with van der Waals surface area (Å²) >= 11 is 0. The molecule has 1 fully saturated rings. The first-order valence-electron chi connectivity index (χ1n) is 11.9. The molecule has 2 aliphatic rings. The molecule has 3 aromatic rings. The second-order valence-corrected chi connectivity index (χ2v) is 9.28. The molecule has 0 spiro atoms. The van der Waals surface area contributed by atoms with Crippen LogP contribution in [0.1, 0.15) is 58.4 Å². The molecule has 0 aliphatic carbocycles. The lowest BCUT2D eigenvalue weighted by molar-refractivity contribution is -0.129. The largest absolute Gasteiger partial charge is 0.361 e. The molecule has 1 atom stereocenters. The number of hydrogen-bond acceptors (Lipinski definition) is 6. The number of carbonyl (C=O) groups is 1. The molecule has 2 aromatic heterocycles. The number of carbonyl (C=O) groups excluding carboxylic acids is 1. The zero-order valence-corrected chi connectivity index (χ0v) is 19.7. The van der Waals surface area contributed by atoms with E-state index in [0.29, 0.717) is 13.0 Å². The first-order valence-corrected chi connectivity index (χ1v) is 11.9. The third-order valence-electron chi connectivity index (χ3n) is 7.00. The molecule has 0 saturated carbocycles. The minimum atomic E-state index is 0.118. The van der Waals surface area contributed by atoms with Crippen LogP contribution in [0.2, 0.25) is 0 Å². The van der Waals surface area contributed by atoms with Gasteiger partial charge in [-0.3, -0.25) is 4.79 Å². The highest BCUT2D eigenvalue weighted by Gasteiger charge is 2.32. The summed E-state index contributed by atoms with van der Waals surface area (Å²) in [6.45, 7) is 9.11. The Bertz CT molecular complexity index is 1140. The maximum atomic E-state index is 13.0. The summed E-state index contributed by atoms with van der Waals surface area (Å²) in [6.07, 6.45) is 3.38. The van der Waals surface area contributed by atoms with Crippen LogP contribution in [0.5, 0.6) is 0 Å². The Morgan fingerprint density at radius 2 is 1.91 bits per heavy atom. The SMILES string of the molecule is Cc1nc(C2CCN(C(=O)Cc3c(C)noc3C)C2)nc2c1CCCN2Cc1ccccc1. The van der Waals surface area contributed by atoms with Crippen molar-refractivity contribution in [2.24, 2.45) is 0 Å². The second-order valence-electron chi connectivity index (χ2n) is 9.28. The fourth-order valence-corrected chi connectivity index (χ4v) is 5.06. The molecule has 1 amide bonds. The van der Waals surface area contributed by atoms with E-state index < -0.39 is 0 Å². The first kappa shape index (κ1) is 21.6. The van der Waals surface area contributed by atoms with Gasteiger partial charge in [0, 0.05) is 48.9 Å². The van der Waals surface area contributed by atoms with Crippen LogP contribution in [0.3, 0.4) is 0 Å². The molecule has 2 aliphatic heterocycles. The Hall–Kier alpha value is -3.22. The van der Waals surface area contributed by atoms with Crippen molar-refractivity contribution in [2.75, 3.05) is 24.5 Å². The number of rotatable bonds is 5. The molecular formula is C26H31N5O2. The number of likely N-dealkylation sites (tertiary alicyclic amines) is 1. The molecule has 0 N–H and O–H groups in total. The third-order valence-corrected chi connectivity index (χ3v) is 7.00. The summed E-state index contributed by atoms with van der Waals surface area (Å²) in [5.74, 6) is 2.96. The number of aromatic nitrogens is 3. The predicted molar refractivity (Wildman–Crippen MR) is 126 cm³/mol. The summed E-state index contributed by atoms with van der Waals surface area (Å²) in [6, 6.07) is 10.6. The van der Waals surface area contributed by atoms with Crippen LogP contribution in [0.25, 0.3) is 0 Å². The summed E-state index contributed by atoms with van der Waals surface area (Å²) in [5, 5.41) is 3.98. The third kappa shape index (κ3) is 4.36. The Morgan fingerprint density at radius 1 is 1.09 bits per heavy atom. The van der Waals surface area contributed by atoms with Crippen LogP contribution < -0.4 is 4.90 Å². The van der Waals surface area contributed by atoms with Gasteiger partial charge in [0.1, 0.15) is 17.4 Å². The molecule has 1 unspecified atom stereocenters. The monoisotopic (exact) mass is 445 g/mol. The van der Waals surface area contributed by atoms with E-state index in [9.17, 15) is 4.79 Å². The molecule has 0 bridgehead atoms. The van der Waals surface area contributed by atoms with E-state index in [4.69, 9.17) is 14.5 Å². The van der Waals surface area contributed by atoms with Gasteiger partial charge in [-0.25, -0.2) is 9.97 Å². The van der Waals surface area contributed by atoms with Crippen molar-refractivity contribution in [3.05, 3.63) is 70.0 Å². The van der Waals surface area contributed by atoms with Crippen molar-refractivity contribution in [1.29, 1.82) is 0 Å².